The average Bonchev–Trinajstić information content (AvgIpc) is 2.79. The Labute approximate surface area is 126 Å². The molecule has 1 aromatic carbocycles. The van der Waals surface area contributed by atoms with Gasteiger partial charge in [-0.1, -0.05) is 31.0 Å². The quantitative estimate of drug-likeness (QED) is 0.786. The van der Waals surface area contributed by atoms with Crippen molar-refractivity contribution >= 4 is 0 Å². The fraction of sp³-hybridized carbons (Fsp3) is 0.647. The standard InChI is InChI=1S/C17H25NO3/c1-5-16(6-2)12-17(11-15(3,4)18(16)19)20-13-9-7-8-10-14(13)21-17/h7-10,19H,5-6,11-12H2,1-4H3/p+1. The topological polar surface area (TPSA) is 44.6 Å². The van der Waals surface area contributed by atoms with Crippen LogP contribution in [0, 0.1) is 0 Å². The Kier molecular flexibility index (Phi) is 3.22. The lowest BCUT2D eigenvalue weighted by Crippen LogP contribution is -2.68. The van der Waals surface area contributed by atoms with Gasteiger partial charge in [-0.25, -0.2) is 0 Å². The number of hydroxylamine groups is 2. The number of para-hydroxylation sites is 2. The number of hydrogen-bond acceptors (Lipinski definition) is 3. The molecular formula is C17H26NO3+. The van der Waals surface area contributed by atoms with Crippen LogP contribution >= 0.6 is 0 Å². The van der Waals surface area contributed by atoms with Crippen LogP contribution in [0.4, 0.5) is 0 Å². The summed E-state index contributed by atoms with van der Waals surface area (Å²) in [7, 11) is 0. The SMILES string of the molecule is CCC1(CC)CC2(CC(C)(C)N1[OH2+])Oc1ccccc1O2. The monoisotopic (exact) mass is 292 g/mol. The number of piperidine rings is 1. The molecule has 0 amide bonds. The van der Waals surface area contributed by atoms with Crippen LogP contribution in [0.3, 0.4) is 0 Å². The van der Waals surface area contributed by atoms with Crippen LogP contribution < -0.4 is 9.47 Å². The number of nitrogens with zero attached hydrogens (tertiary/aromatic N) is 1. The van der Waals surface area contributed by atoms with E-state index < -0.39 is 5.79 Å². The molecule has 1 saturated heterocycles. The van der Waals surface area contributed by atoms with Crippen molar-refractivity contribution in [2.45, 2.75) is 70.2 Å². The Bertz CT molecular complexity index is 512. The van der Waals surface area contributed by atoms with Gasteiger partial charge in [0.2, 0.25) is 0 Å². The van der Waals surface area contributed by atoms with Gasteiger partial charge in [0.1, 0.15) is 0 Å². The summed E-state index contributed by atoms with van der Waals surface area (Å²) >= 11 is 0. The van der Waals surface area contributed by atoms with E-state index in [1.807, 2.05) is 24.3 Å². The molecule has 4 nitrogen and oxygen atoms in total. The molecule has 21 heavy (non-hydrogen) atoms. The summed E-state index contributed by atoms with van der Waals surface area (Å²) in [6, 6.07) is 7.87. The van der Waals surface area contributed by atoms with Crippen molar-refractivity contribution in [3.8, 4) is 11.5 Å². The molecule has 0 saturated carbocycles. The van der Waals surface area contributed by atoms with E-state index in [1.54, 1.807) is 5.06 Å². The van der Waals surface area contributed by atoms with Gasteiger partial charge in [-0.05, 0) is 38.8 Å². The van der Waals surface area contributed by atoms with Gasteiger partial charge in [-0.3, -0.25) is 0 Å². The normalized spacial score (nSPS) is 25.2. The Hall–Kier alpha value is -1.26. The van der Waals surface area contributed by atoms with E-state index in [0.717, 1.165) is 30.8 Å². The van der Waals surface area contributed by atoms with Gasteiger partial charge in [0, 0.05) is 6.42 Å². The van der Waals surface area contributed by atoms with Crippen molar-refractivity contribution in [1.82, 2.24) is 5.06 Å². The van der Waals surface area contributed by atoms with Crippen molar-refractivity contribution in [2.75, 3.05) is 0 Å². The lowest BCUT2D eigenvalue weighted by molar-refractivity contribution is -0.306. The highest BCUT2D eigenvalue weighted by molar-refractivity contribution is 5.43. The highest BCUT2D eigenvalue weighted by atomic mass is 16.7. The molecule has 2 heterocycles. The summed E-state index contributed by atoms with van der Waals surface area (Å²) in [6.07, 6.45) is 3.26. The second-order valence-electron chi connectivity index (χ2n) is 6.99. The summed E-state index contributed by atoms with van der Waals surface area (Å²) in [4.78, 5) is 0. The summed E-state index contributed by atoms with van der Waals surface area (Å²) in [5.41, 5.74) is -0.490. The Morgan fingerprint density at radius 1 is 1.05 bits per heavy atom. The fourth-order valence-electron chi connectivity index (χ4n) is 4.02. The van der Waals surface area contributed by atoms with Crippen molar-refractivity contribution in [1.29, 1.82) is 0 Å². The molecule has 1 aromatic rings. The van der Waals surface area contributed by atoms with Crippen molar-refractivity contribution < 1.29 is 14.7 Å². The number of fused-ring (bicyclic) bond motifs is 1. The molecule has 2 aliphatic rings. The molecule has 116 valence electrons. The minimum absolute atomic E-state index is 0.205. The maximum atomic E-state index is 8.61. The van der Waals surface area contributed by atoms with Gasteiger partial charge in [0.25, 0.3) is 5.79 Å². The predicted octanol–water partition coefficient (Wildman–Crippen LogP) is 3.23. The van der Waals surface area contributed by atoms with E-state index in [-0.39, 0.29) is 11.1 Å². The van der Waals surface area contributed by atoms with Crippen molar-refractivity contribution in [3.05, 3.63) is 24.3 Å². The van der Waals surface area contributed by atoms with Gasteiger partial charge in [-0.2, -0.15) is 0 Å². The Balaban J connectivity index is 1.99. The second kappa shape index (κ2) is 4.62. The first kappa shape index (κ1) is 14.7. The minimum Gasteiger partial charge on any atom is -0.448 e. The van der Waals surface area contributed by atoms with E-state index in [2.05, 4.69) is 27.7 Å². The second-order valence-corrected chi connectivity index (χ2v) is 6.99. The predicted molar refractivity (Wildman–Crippen MR) is 82.5 cm³/mol. The molecule has 0 radical (unpaired) electrons. The number of rotatable bonds is 2. The summed E-state index contributed by atoms with van der Waals surface area (Å²) in [5, 5.41) is 10.4. The van der Waals surface area contributed by atoms with Crippen molar-refractivity contribution in [3.63, 3.8) is 0 Å². The molecule has 0 bridgehead atoms. The molecule has 4 heteroatoms. The van der Waals surface area contributed by atoms with Crippen LogP contribution in [0.25, 0.3) is 0 Å². The first-order valence-corrected chi connectivity index (χ1v) is 7.85. The smallest absolute Gasteiger partial charge is 0.255 e. The summed E-state index contributed by atoms with van der Waals surface area (Å²) in [5.74, 6) is 1.03. The van der Waals surface area contributed by atoms with Gasteiger partial charge >= 0.3 is 0 Å². The highest BCUT2D eigenvalue weighted by Gasteiger charge is 2.62. The molecule has 1 spiro atoms. The zero-order valence-corrected chi connectivity index (χ0v) is 13.4. The lowest BCUT2D eigenvalue weighted by Gasteiger charge is -2.52. The Morgan fingerprint density at radius 3 is 2.05 bits per heavy atom. The average molecular weight is 292 g/mol. The van der Waals surface area contributed by atoms with Crippen LogP contribution in [0.1, 0.15) is 53.4 Å². The first-order chi connectivity index (χ1) is 9.86. The molecule has 2 aliphatic heterocycles. The molecule has 1 fully saturated rings. The molecule has 0 aromatic heterocycles. The molecule has 2 N–H and O–H groups in total. The molecule has 0 atom stereocenters. The third-order valence-corrected chi connectivity index (χ3v) is 5.14. The summed E-state index contributed by atoms with van der Waals surface area (Å²) in [6.45, 7) is 8.53. The third-order valence-electron chi connectivity index (χ3n) is 5.14. The largest absolute Gasteiger partial charge is 0.448 e. The van der Waals surface area contributed by atoms with Gasteiger partial charge in [0.15, 0.2) is 11.5 Å². The minimum atomic E-state index is -0.628. The first-order valence-electron chi connectivity index (χ1n) is 7.85. The van der Waals surface area contributed by atoms with E-state index >= 15 is 0 Å². The molecular weight excluding hydrogens is 266 g/mol. The third kappa shape index (κ3) is 2.12. The van der Waals surface area contributed by atoms with Gasteiger partial charge in [0.05, 0.1) is 17.5 Å². The van der Waals surface area contributed by atoms with Crippen LogP contribution in [-0.4, -0.2) is 27.1 Å². The van der Waals surface area contributed by atoms with Gasteiger partial charge in [-0.15, -0.1) is 0 Å². The van der Waals surface area contributed by atoms with E-state index in [1.165, 1.54) is 0 Å². The zero-order valence-electron chi connectivity index (χ0n) is 13.4. The maximum Gasteiger partial charge on any atom is 0.255 e. The van der Waals surface area contributed by atoms with Crippen LogP contribution in [0.15, 0.2) is 24.3 Å². The van der Waals surface area contributed by atoms with Crippen LogP contribution in [0.2, 0.25) is 0 Å². The summed E-state index contributed by atoms with van der Waals surface area (Å²) < 4.78 is 12.5. The molecule has 3 rings (SSSR count). The van der Waals surface area contributed by atoms with E-state index in [0.29, 0.717) is 6.42 Å². The van der Waals surface area contributed by atoms with E-state index in [4.69, 9.17) is 14.7 Å². The molecule has 0 unspecified atom stereocenters. The Morgan fingerprint density at radius 2 is 1.57 bits per heavy atom. The van der Waals surface area contributed by atoms with Crippen LogP contribution in [-0.2, 0) is 0 Å². The van der Waals surface area contributed by atoms with Gasteiger partial charge < -0.3 is 14.7 Å². The highest BCUT2D eigenvalue weighted by Crippen LogP contribution is 2.52. The fourth-order valence-corrected chi connectivity index (χ4v) is 4.02. The molecule has 0 aliphatic carbocycles. The number of benzene rings is 1. The zero-order chi connectivity index (χ0) is 15.3. The van der Waals surface area contributed by atoms with E-state index in [9.17, 15) is 0 Å². The maximum absolute atomic E-state index is 8.61. The van der Waals surface area contributed by atoms with Crippen LogP contribution in [0.5, 0.6) is 11.5 Å². The lowest BCUT2D eigenvalue weighted by atomic mass is 9.73. The van der Waals surface area contributed by atoms with Crippen molar-refractivity contribution in [2.24, 2.45) is 0 Å². The number of hydrogen-bond donors (Lipinski definition) is 0. The number of ether oxygens (including phenoxy) is 2.